The maximum atomic E-state index is 5.96. The topological polar surface area (TPSA) is 36.9 Å². The van der Waals surface area contributed by atoms with Crippen molar-refractivity contribution >= 4 is 0 Å². The maximum Gasteiger partial charge on any atom is 0.184 e. The lowest BCUT2D eigenvalue weighted by atomic mass is 10.0. The van der Waals surface area contributed by atoms with E-state index in [1.165, 1.54) is 11.1 Å². The fourth-order valence-electron chi connectivity index (χ4n) is 2.72. The van der Waals surface area contributed by atoms with Crippen LogP contribution in [0.15, 0.2) is 24.3 Å². The van der Waals surface area contributed by atoms with Gasteiger partial charge in [-0.1, -0.05) is 29.8 Å². The molecule has 1 aromatic rings. The van der Waals surface area contributed by atoms with Gasteiger partial charge in [-0.2, -0.15) is 0 Å². The van der Waals surface area contributed by atoms with Gasteiger partial charge in [-0.3, -0.25) is 0 Å². The van der Waals surface area contributed by atoms with Crippen LogP contribution in [0.2, 0.25) is 0 Å². The molecule has 0 aromatic heterocycles. The molecule has 0 N–H and O–H groups in total. The summed E-state index contributed by atoms with van der Waals surface area (Å²) in [5.41, 5.74) is 2.42. The molecule has 4 heteroatoms. The summed E-state index contributed by atoms with van der Waals surface area (Å²) in [7, 11) is 1.71. The van der Waals surface area contributed by atoms with Crippen LogP contribution < -0.4 is 0 Å². The Morgan fingerprint density at radius 1 is 1.32 bits per heavy atom. The van der Waals surface area contributed by atoms with Crippen LogP contribution in [-0.2, 0) is 25.6 Å². The highest BCUT2D eigenvalue weighted by atomic mass is 16.7. The first-order valence-corrected chi connectivity index (χ1v) is 6.73. The minimum atomic E-state index is -0.235. The molecule has 3 rings (SSSR count). The number of fused-ring (bicyclic) bond motifs is 2. The van der Waals surface area contributed by atoms with Crippen molar-refractivity contribution in [3.63, 3.8) is 0 Å². The highest BCUT2D eigenvalue weighted by molar-refractivity contribution is 5.21. The SMILES string of the molecule is CO[C@H]1C[C@@H](OCc2cccc(C)c2)[C@@H]2OC[C@H]1O2. The third-order valence-corrected chi connectivity index (χ3v) is 3.77. The number of benzene rings is 1. The van der Waals surface area contributed by atoms with E-state index in [0.717, 1.165) is 6.42 Å². The van der Waals surface area contributed by atoms with Gasteiger partial charge >= 0.3 is 0 Å². The normalized spacial score (nSPS) is 33.6. The maximum absolute atomic E-state index is 5.96. The monoisotopic (exact) mass is 264 g/mol. The van der Waals surface area contributed by atoms with Crippen LogP contribution in [0.4, 0.5) is 0 Å². The molecule has 0 spiro atoms. The molecule has 2 saturated heterocycles. The van der Waals surface area contributed by atoms with Crippen LogP contribution in [-0.4, -0.2) is 38.3 Å². The Hall–Kier alpha value is -0.940. The van der Waals surface area contributed by atoms with E-state index < -0.39 is 0 Å². The highest BCUT2D eigenvalue weighted by Gasteiger charge is 2.44. The Labute approximate surface area is 113 Å². The quantitative estimate of drug-likeness (QED) is 0.834. The summed E-state index contributed by atoms with van der Waals surface area (Å²) in [6.45, 7) is 3.27. The van der Waals surface area contributed by atoms with Crippen LogP contribution >= 0.6 is 0 Å². The van der Waals surface area contributed by atoms with E-state index in [1.54, 1.807) is 7.11 Å². The largest absolute Gasteiger partial charge is 0.379 e. The Bertz CT molecular complexity index is 434. The molecule has 0 aliphatic carbocycles. The summed E-state index contributed by atoms with van der Waals surface area (Å²) in [5.74, 6) is 0. The lowest BCUT2D eigenvalue weighted by Gasteiger charge is -2.32. The van der Waals surface area contributed by atoms with Crippen molar-refractivity contribution in [3.8, 4) is 0 Å². The molecule has 2 heterocycles. The van der Waals surface area contributed by atoms with Crippen molar-refractivity contribution in [2.45, 2.75) is 44.6 Å². The Morgan fingerprint density at radius 2 is 2.21 bits per heavy atom. The zero-order chi connectivity index (χ0) is 13.2. The Balaban J connectivity index is 1.60. The van der Waals surface area contributed by atoms with Crippen molar-refractivity contribution in [2.24, 2.45) is 0 Å². The summed E-state index contributed by atoms with van der Waals surface area (Å²) >= 11 is 0. The first kappa shape index (κ1) is 13.1. The summed E-state index contributed by atoms with van der Waals surface area (Å²) in [6.07, 6.45) is 0.679. The fraction of sp³-hybridized carbons (Fsp3) is 0.600. The van der Waals surface area contributed by atoms with Gasteiger partial charge in [-0.25, -0.2) is 0 Å². The number of hydrogen-bond donors (Lipinski definition) is 0. The van der Waals surface area contributed by atoms with Gasteiger partial charge in [-0.15, -0.1) is 0 Å². The van der Waals surface area contributed by atoms with Crippen LogP contribution in [0.3, 0.4) is 0 Å². The molecule has 2 aliphatic heterocycles. The van der Waals surface area contributed by atoms with E-state index in [9.17, 15) is 0 Å². The summed E-state index contributed by atoms with van der Waals surface area (Å²) in [6, 6.07) is 8.34. The highest BCUT2D eigenvalue weighted by Crippen LogP contribution is 2.31. The van der Waals surface area contributed by atoms with Crippen molar-refractivity contribution in [1.82, 2.24) is 0 Å². The molecular weight excluding hydrogens is 244 g/mol. The van der Waals surface area contributed by atoms with Crippen LogP contribution in [0, 0.1) is 6.92 Å². The number of aryl methyl sites for hydroxylation is 1. The minimum absolute atomic E-state index is 0.0517. The molecule has 104 valence electrons. The van der Waals surface area contributed by atoms with E-state index in [1.807, 2.05) is 6.07 Å². The van der Waals surface area contributed by atoms with E-state index in [-0.39, 0.29) is 24.6 Å². The molecule has 0 saturated carbocycles. The number of rotatable bonds is 4. The molecule has 4 atom stereocenters. The van der Waals surface area contributed by atoms with Crippen LogP contribution in [0.5, 0.6) is 0 Å². The fourth-order valence-corrected chi connectivity index (χ4v) is 2.72. The number of methoxy groups -OCH3 is 1. The predicted molar refractivity (Wildman–Crippen MR) is 69.8 cm³/mol. The number of hydrogen-bond acceptors (Lipinski definition) is 4. The van der Waals surface area contributed by atoms with Gasteiger partial charge in [0.2, 0.25) is 0 Å². The summed E-state index contributed by atoms with van der Waals surface area (Å²) in [4.78, 5) is 0. The van der Waals surface area contributed by atoms with Crippen molar-refractivity contribution in [1.29, 1.82) is 0 Å². The molecule has 2 bridgehead atoms. The zero-order valence-corrected chi connectivity index (χ0v) is 11.4. The van der Waals surface area contributed by atoms with Gasteiger partial charge in [0.05, 0.1) is 19.3 Å². The van der Waals surface area contributed by atoms with Gasteiger partial charge in [0.15, 0.2) is 6.29 Å². The second kappa shape index (κ2) is 5.59. The second-order valence-corrected chi connectivity index (χ2v) is 5.22. The van der Waals surface area contributed by atoms with E-state index >= 15 is 0 Å². The van der Waals surface area contributed by atoms with E-state index in [2.05, 4.69) is 25.1 Å². The van der Waals surface area contributed by atoms with Crippen molar-refractivity contribution < 1.29 is 18.9 Å². The molecular formula is C15H20O4. The van der Waals surface area contributed by atoms with Crippen molar-refractivity contribution in [3.05, 3.63) is 35.4 Å². The van der Waals surface area contributed by atoms with Gasteiger partial charge in [0, 0.05) is 13.5 Å². The number of ether oxygens (including phenoxy) is 4. The van der Waals surface area contributed by atoms with Gasteiger partial charge in [0.25, 0.3) is 0 Å². The molecule has 19 heavy (non-hydrogen) atoms. The van der Waals surface area contributed by atoms with E-state index in [0.29, 0.717) is 13.2 Å². The first-order valence-electron chi connectivity index (χ1n) is 6.73. The van der Waals surface area contributed by atoms with Gasteiger partial charge in [-0.05, 0) is 12.5 Å². The lowest BCUT2D eigenvalue weighted by molar-refractivity contribution is -0.205. The summed E-state index contributed by atoms with van der Waals surface area (Å²) < 4.78 is 22.8. The third-order valence-electron chi connectivity index (χ3n) is 3.77. The first-order chi connectivity index (χ1) is 9.26. The standard InChI is InChI=1S/C15H20O4/c1-10-4-3-5-11(6-10)8-17-13-7-12(16-2)14-9-18-15(13)19-14/h3-6,12-15H,7-9H2,1-2H3/t12-,13+,14+,15+/m0/s1. The van der Waals surface area contributed by atoms with Crippen LogP contribution in [0.1, 0.15) is 17.5 Å². The molecule has 4 nitrogen and oxygen atoms in total. The molecule has 2 fully saturated rings. The lowest BCUT2D eigenvalue weighted by Crippen LogP contribution is -2.43. The third kappa shape index (κ3) is 2.82. The average molecular weight is 264 g/mol. The molecule has 0 amide bonds. The van der Waals surface area contributed by atoms with Gasteiger partial charge in [0.1, 0.15) is 12.2 Å². The second-order valence-electron chi connectivity index (χ2n) is 5.22. The Morgan fingerprint density at radius 3 is 3.00 bits per heavy atom. The van der Waals surface area contributed by atoms with E-state index in [4.69, 9.17) is 18.9 Å². The molecule has 0 unspecified atom stereocenters. The van der Waals surface area contributed by atoms with Crippen molar-refractivity contribution in [2.75, 3.05) is 13.7 Å². The average Bonchev–Trinajstić information content (AvgIpc) is 2.83. The minimum Gasteiger partial charge on any atom is -0.379 e. The molecule has 2 aliphatic rings. The van der Waals surface area contributed by atoms with Crippen LogP contribution in [0.25, 0.3) is 0 Å². The Kier molecular flexibility index (Phi) is 3.84. The molecule has 0 radical (unpaired) electrons. The smallest absolute Gasteiger partial charge is 0.184 e. The van der Waals surface area contributed by atoms with Gasteiger partial charge < -0.3 is 18.9 Å². The predicted octanol–water partition coefficient (Wildman–Crippen LogP) is 2.04. The summed E-state index contributed by atoms with van der Waals surface area (Å²) in [5, 5.41) is 0. The zero-order valence-electron chi connectivity index (χ0n) is 11.4. The molecule has 1 aromatic carbocycles.